The summed E-state index contributed by atoms with van der Waals surface area (Å²) in [5.74, 6) is 5.32. The van der Waals surface area contributed by atoms with Gasteiger partial charge >= 0.3 is 0 Å². The molecule has 0 unspecified atom stereocenters. The van der Waals surface area contributed by atoms with E-state index in [4.69, 9.17) is 10.5 Å². The first-order valence-corrected chi connectivity index (χ1v) is 11.4. The summed E-state index contributed by atoms with van der Waals surface area (Å²) >= 11 is 1.40. The van der Waals surface area contributed by atoms with E-state index >= 15 is 0 Å². The Morgan fingerprint density at radius 2 is 2.27 bits per heavy atom. The van der Waals surface area contributed by atoms with Crippen LogP contribution in [0.3, 0.4) is 0 Å². The predicted octanol–water partition coefficient (Wildman–Crippen LogP) is 2.75. The Kier molecular flexibility index (Phi) is 5.10. The van der Waals surface area contributed by atoms with Crippen LogP contribution in [-0.4, -0.2) is 39.1 Å². The lowest BCUT2D eigenvalue weighted by Gasteiger charge is -2.45. The molecular weight excluding hydrogens is 443 g/mol. The van der Waals surface area contributed by atoms with Gasteiger partial charge in [-0.15, -0.1) is 5.92 Å². The van der Waals surface area contributed by atoms with Crippen LogP contribution in [0.4, 0.5) is 10.1 Å². The molecule has 2 heterocycles. The minimum absolute atomic E-state index is 0.00419. The molecule has 1 spiro atoms. The summed E-state index contributed by atoms with van der Waals surface area (Å²) in [4.78, 5) is 21.8. The third-order valence-corrected chi connectivity index (χ3v) is 7.90. The number of aliphatic hydroxyl groups excluding tert-OH is 1. The van der Waals surface area contributed by atoms with Crippen molar-refractivity contribution in [2.24, 2.45) is 16.6 Å². The van der Waals surface area contributed by atoms with Crippen molar-refractivity contribution in [2.45, 2.75) is 37.0 Å². The molecule has 3 atom stereocenters. The van der Waals surface area contributed by atoms with E-state index in [0.717, 1.165) is 12.0 Å². The summed E-state index contributed by atoms with van der Waals surface area (Å²) < 4.78 is 20.0. The maximum absolute atomic E-state index is 14.8. The number of ether oxygens (including phenoxy) is 1. The number of hydrogen-bond donors (Lipinski definition) is 3. The fourth-order valence-corrected chi connectivity index (χ4v) is 6.18. The smallest absolute Gasteiger partial charge is 0.274 e. The molecule has 9 heteroatoms. The van der Waals surface area contributed by atoms with Gasteiger partial charge in [-0.1, -0.05) is 17.7 Å². The number of hydrogen-bond acceptors (Lipinski definition) is 7. The Hall–Kier alpha value is -3.09. The number of aryl methyl sites for hydroxylation is 1. The second-order valence-corrected chi connectivity index (χ2v) is 10.1. The standard InChI is InChI=1S/C24H23FN4O3S/c1-3-4-5-32-15-6-13(2)20(27-11-15)21(31)28-14-7-17-16(18(25)8-14)9-24(17)19-10-23(19,12-30)33-22(26)29-24/h6-8,11,19,30H,5,9-10,12H2,1-2H3,(H2,26,29)(H,28,31)/t19-,23-,24-/m1/s1. The van der Waals surface area contributed by atoms with Gasteiger partial charge in [0.25, 0.3) is 5.91 Å². The van der Waals surface area contributed by atoms with E-state index in [1.165, 1.54) is 24.0 Å². The lowest BCUT2D eigenvalue weighted by molar-refractivity contribution is 0.102. The highest BCUT2D eigenvalue weighted by molar-refractivity contribution is 8.15. The van der Waals surface area contributed by atoms with Crippen LogP contribution in [0.1, 0.15) is 40.5 Å². The van der Waals surface area contributed by atoms with Crippen molar-refractivity contribution in [3.63, 3.8) is 0 Å². The van der Waals surface area contributed by atoms with Gasteiger partial charge in [-0.25, -0.2) is 9.37 Å². The zero-order valence-corrected chi connectivity index (χ0v) is 19.1. The molecule has 2 aliphatic carbocycles. The van der Waals surface area contributed by atoms with Gasteiger partial charge in [0.05, 0.1) is 23.1 Å². The fourth-order valence-electron chi connectivity index (χ4n) is 4.91. The number of fused-ring (bicyclic) bond motifs is 4. The summed E-state index contributed by atoms with van der Waals surface area (Å²) in [6, 6.07) is 4.80. The van der Waals surface area contributed by atoms with Crippen LogP contribution >= 0.6 is 11.8 Å². The Balaban J connectivity index is 1.39. The molecule has 0 bridgehead atoms. The number of nitrogens with two attached hydrogens (primary N) is 1. The number of halogens is 1. The van der Waals surface area contributed by atoms with E-state index in [1.54, 1.807) is 26.0 Å². The molecule has 1 fully saturated rings. The van der Waals surface area contributed by atoms with Crippen molar-refractivity contribution in [3.05, 3.63) is 52.6 Å². The topological polar surface area (TPSA) is 110 Å². The van der Waals surface area contributed by atoms with Gasteiger partial charge in [-0.05, 0) is 55.2 Å². The number of nitrogens with zero attached hydrogens (tertiary/aromatic N) is 2. The van der Waals surface area contributed by atoms with Crippen LogP contribution in [0.2, 0.25) is 0 Å². The number of aliphatic imine (C=N–C) groups is 1. The number of amides is 1. The van der Waals surface area contributed by atoms with Crippen LogP contribution < -0.4 is 15.8 Å². The Morgan fingerprint density at radius 1 is 1.45 bits per heavy atom. The highest BCUT2D eigenvalue weighted by Gasteiger charge is 2.70. The van der Waals surface area contributed by atoms with Crippen molar-refractivity contribution >= 4 is 28.5 Å². The molecule has 4 N–H and O–H groups in total. The summed E-state index contributed by atoms with van der Waals surface area (Å²) in [5, 5.41) is 13.1. The molecule has 0 radical (unpaired) electrons. The van der Waals surface area contributed by atoms with Gasteiger partial charge in [0, 0.05) is 18.0 Å². The monoisotopic (exact) mass is 466 g/mol. The van der Waals surface area contributed by atoms with Crippen LogP contribution in [0.5, 0.6) is 5.75 Å². The van der Waals surface area contributed by atoms with Crippen LogP contribution in [0, 0.1) is 30.5 Å². The fraction of sp³-hybridized carbons (Fsp3) is 0.375. The Bertz CT molecular complexity index is 1270. The molecule has 1 amide bonds. The third kappa shape index (κ3) is 3.45. The second-order valence-electron chi connectivity index (χ2n) is 8.62. The van der Waals surface area contributed by atoms with E-state index in [0.29, 0.717) is 34.2 Å². The number of nitrogens with one attached hydrogen (secondary N) is 1. The maximum atomic E-state index is 14.8. The van der Waals surface area contributed by atoms with Gasteiger partial charge in [0.2, 0.25) is 0 Å². The minimum Gasteiger partial charge on any atom is -0.479 e. The largest absolute Gasteiger partial charge is 0.479 e. The maximum Gasteiger partial charge on any atom is 0.274 e. The molecule has 1 aliphatic heterocycles. The second kappa shape index (κ2) is 7.75. The van der Waals surface area contributed by atoms with E-state index in [9.17, 15) is 14.3 Å². The first-order valence-electron chi connectivity index (χ1n) is 10.6. The number of rotatable bonds is 5. The van der Waals surface area contributed by atoms with Gasteiger partial charge < -0.3 is 20.9 Å². The summed E-state index contributed by atoms with van der Waals surface area (Å²) in [7, 11) is 0. The zero-order chi connectivity index (χ0) is 23.4. The molecule has 170 valence electrons. The number of carbonyl (C=O) groups excluding carboxylic acids is 1. The average molecular weight is 467 g/mol. The van der Waals surface area contributed by atoms with Gasteiger partial charge in [0.15, 0.2) is 5.17 Å². The predicted molar refractivity (Wildman–Crippen MR) is 125 cm³/mol. The number of carbonyl (C=O) groups is 1. The lowest BCUT2D eigenvalue weighted by atomic mass is 9.67. The SMILES string of the molecule is CC#CCOc1cnc(C(=O)Nc2cc(F)c3c(c2)[C@@]2(C3)N=C(N)S[C@@]3(CO)C[C@H]32)c(C)c1. The molecule has 1 aromatic heterocycles. The first-order chi connectivity index (χ1) is 15.8. The number of benzene rings is 1. The van der Waals surface area contributed by atoms with Crippen molar-refractivity contribution in [1.82, 2.24) is 4.98 Å². The highest BCUT2D eigenvalue weighted by atomic mass is 32.2. The minimum atomic E-state index is -0.635. The Labute approximate surface area is 195 Å². The van der Waals surface area contributed by atoms with Crippen LogP contribution in [0.15, 0.2) is 29.4 Å². The molecule has 0 saturated heterocycles. The van der Waals surface area contributed by atoms with Crippen molar-refractivity contribution in [3.8, 4) is 17.6 Å². The Morgan fingerprint density at radius 3 is 3.00 bits per heavy atom. The number of thioether (sulfide) groups is 1. The third-order valence-electron chi connectivity index (χ3n) is 6.61. The quantitative estimate of drug-likeness (QED) is 0.585. The summed E-state index contributed by atoms with van der Waals surface area (Å²) in [6.07, 6.45) is 2.68. The van der Waals surface area contributed by atoms with Crippen molar-refractivity contribution in [1.29, 1.82) is 0 Å². The lowest BCUT2D eigenvalue weighted by Crippen LogP contribution is -2.47. The molecular formula is C24H23FN4O3S. The molecule has 1 saturated carbocycles. The normalized spacial score (nSPS) is 26.2. The van der Waals surface area contributed by atoms with E-state index in [2.05, 4.69) is 27.1 Å². The number of anilines is 1. The van der Waals surface area contributed by atoms with E-state index < -0.39 is 11.4 Å². The van der Waals surface area contributed by atoms with Gasteiger partial charge in [0.1, 0.15) is 23.9 Å². The van der Waals surface area contributed by atoms with E-state index in [1.807, 2.05) is 0 Å². The van der Waals surface area contributed by atoms with Gasteiger partial charge in [-0.3, -0.25) is 9.79 Å². The highest BCUT2D eigenvalue weighted by Crippen LogP contribution is 2.69. The van der Waals surface area contributed by atoms with Crippen molar-refractivity contribution < 1.29 is 19.0 Å². The summed E-state index contributed by atoms with van der Waals surface area (Å²) in [5.41, 5.74) is 7.92. The molecule has 33 heavy (non-hydrogen) atoms. The summed E-state index contributed by atoms with van der Waals surface area (Å²) in [6.45, 7) is 3.73. The number of aromatic nitrogens is 1. The van der Waals surface area contributed by atoms with Crippen molar-refractivity contribution in [2.75, 3.05) is 18.5 Å². The average Bonchev–Trinajstić information content (AvgIpc) is 3.50. The zero-order valence-electron chi connectivity index (χ0n) is 18.2. The van der Waals surface area contributed by atoms with Gasteiger partial charge in [-0.2, -0.15) is 0 Å². The first kappa shape index (κ1) is 21.7. The molecule has 3 aliphatic rings. The molecule has 7 nitrogen and oxygen atoms in total. The molecule has 5 rings (SSSR count). The van der Waals surface area contributed by atoms with Crippen LogP contribution in [-0.2, 0) is 12.0 Å². The molecule has 2 aromatic rings. The van der Waals surface area contributed by atoms with Crippen LogP contribution in [0.25, 0.3) is 0 Å². The van der Waals surface area contributed by atoms with E-state index in [-0.39, 0.29) is 35.4 Å². The number of pyridine rings is 1. The number of amidine groups is 1. The number of aliphatic hydroxyl groups is 1. The molecule has 1 aromatic carbocycles.